The minimum atomic E-state index is -3.71. The first-order valence-electron chi connectivity index (χ1n) is 7.47. The van der Waals surface area contributed by atoms with E-state index in [1.165, 1.54) is 0 Å². The van der Waals surface area contributed by atoms with Crippen LogP contribution in [0.1, 0.15) is 33.3 Å². The Labute approximate surface area is 138 Å². The first kappa shape index (κ1) is 17.6. The maximum atomic E-state index is 12.8. The van der Waals surface area contributed by atoms with Gasteiger partial charge in [0.15, 0.2) is 0 Å². The van der Waals surface area contributed by atoms with Crippen LogP contribution in [-0.4, -0.2) is 20.2 Å². The molecule has 2 rings (SSSR count). The van der Waals surface area contributed by atoms with Gasteiger partial charge in [-0.1, -0.05) is 49.4 Å². The van der Waals surface area contributed by atoms with E-state index in [0.717, 1.165) is 0 Å². The summed E-state index contributed by atoms with van der Waals surface area (Å²) in [5.41, 5.74) is -0.754. The van der Waals surface area contributed by atoms with Crippen molar-refractivity contribution in [3.63, 3.8) is 0 Å². The van der Waals surface area contributed by atoms with E-state index in [2.05, 4.69) is 4.72 Å². The van der Waals surface area contributed by atoms with Crippen LogP contribution in [0.5, 0.6) is 0 Å². The zero-order valence-corrected chi connectivity index (χ0v) is 14.6. The zero-order chi connectivity index (χ0) is 17.3. The van der Waals surface area contributed by atoms with Gasteiger partial charge in [0.2, 0.25) is 16.3 Å². The molecule has 1 aliphatic rings. The van der Waals surface area contributed by atoms with Gasteiger partial charge in [0, 0.05) is 11.0 Å². The molecule has 0 heterocycles. The fourth-order valence-electron chi connectivity index (χ4n) is 2.76. The van der Waals surface area contributed by atoms with Crippen molar-refractivity contribution in [2.75, 3.05) is 0 Å². The van der Waals surface area contributed by atoms with E-state index in [-0.39, 0.29) is 4.90 Å². The Morgan fingerprint density at radius 2 is 1.83 bits per heavy atom. The smallest absolute Gasteiger partial charge is 0.241 e. The van der Waals surface area contributed by atoms with E-state index < -0.39 is 26.9 Å². The van der Waals surface area contributed by atoms with E-state index in [1.54, 1.807) is 57.2 Å². The van der Waals surface area contributed by atoms with Gasteiger partial charge in [-0.15, -0.1) is 0 Å². The van der Waals surface area contributed by atoms with Crippen LogP contribution in [0.25, 0.3) is 0 Å². The Bertz CT molecular complexity index is 757. The summed E-state index contributed by atoms with van der Waals surface area (Å²) in [5, 5.41) is 0. The Morgan fingerprint density at radius 3 is 2.43 bits per heavy atom. The van der Waals surface area contributed by atoms with Gasteiger partial charge >= 0.3 is 0 Å². The third kappa shape index (κ3) is 3.62. The maximum Gasteiger partial charge on any atom is 0.241 e. The van der Waals surface area contributed by atoms with Crippen molar-refractivity contribution in [2.45, 2.75) is 43.5 Å². The van der Waals surface area contributed by atoms with Crippen molar-refractivity contribution in [3.8, 4) is 0 Å². The van der Waals surface area contributed by atoms with Crippen LogP contribution in [0.3, 0.4) is 0 Å². The molecule has 1 aliphatic carbocycles. The molecular weight excluding hydrogens is 310 g/mol. The number of allylic oxidation sites excluding steroid dienone is 4. The first-order chi connectivity index (χ1) is 10.6. The summed E-state index contributed by atoms with van der Waals surface area (Å²) in [7, 11) is -3.71. The molecule has 2 atom stereocenters. The van der Waals surface area contributed by atoms with Gasteiger partial charge in [-0.05, 0) is 32.4 Å². The third-order valence-corrected chi connectivity index (χ3v) is 5.64. The van der Waals surface area contributed by atoms with E-state index >= 15 is 0 Å². The number of benzene rings is 1. The van der Waals surface area contributed by atoms with Crippen molar-refractivity contribution >= 4 is 16.3 Å². The van der Waals surface area contributed by atoms with Crippen molar-refractivity contribution < 1.29 is 13.2 Å². The molecule has 0 bridgehead atoms. The molecule has 0 aliphatic heterocycles. The predicted octanol–water partition coefficient (Wildman–Crippen LogP) is 2.87. The molecule has 0 saturated heterocycles. The van der Waals surface area contributed by atoms with Crippen LogP contribution in [0.15, 0.2) is 53.5 Å². The number of rotatable bonds is 4. The molecule has 4 nitrogen and oxygen atoms in total. The zero-order valence-electron chi connectivity index (χ0n) is 13.8. The summed E-state index contributed by atoms with van der Waals surface area (Å²) < 4.78 is 28.3. The minimum Gasteiger partial charge on any atom is -0.290 e. The number of sulfonamides is 1. The molecule has 2 unspecified atom stereocenters. The minimum absolute atomic E-state index is 0.192. The second-order valence-electron chi connectivity index (χ2n) is 6.97. The lowest BCUT2D eigenvalue weighted by atomic mass is 9.70. The standard InChI is InChI=1S/C18H22NO3S/c1-17(2,3)19-23(21,22)16-11-6-5-10-15(16)18(4)12-8-7-9-14(18)13-20/h5-12,14,19H,1-4H3. The Hall–Kier alpha value is -1.72. The van der Waals surface area contributed by atoms with Gasteiger partial charge in [-0.3, -0.25) is 4.79 Å². The summed E-state index contributed by atoms with van der Waals surface area (Å²) in [5.74, 6) is -0.529. The molecule has 0 fully saturated rings. The number of carbonyl (C=O) groups excluding carboxylic acids is 1. The van der Waals surface area contributed by atoms with Crippen LogP contribution >= 0.6 is 0 Å². The third-order valence-electron chi connectivity index (χ3n) is 3.83. The molecular formula is C18H22NO3S. The highest BCUT2D eigenvalue weighted by Gasteiger charge is 2.38. The van der Waals surface area contributed by atoms with E-state index in [9.17, 15) is 13.2 Å². The molecule has 0 amide bonds. The molecule has 0 aromatic heterocycles. The highest BCUT2D eigenvalue weighted by Crippen LogP contribution is 2.39. The molecule has 123 valence electrons. The quantitative estimate of drug-likeness (QED) is 0.922. The molecule has 5 heteroatoms. The van der Waals surface area contributed by atoms with Crippen molar-refractivity contribution in [3.05, 3.63) is 54.1 Å². The lowest BCUT2D eigenvalue weighted by molar-refractivity contribution is 0.459. The largest absolute Gasteiger partial charge is 0.290 e. The van der Waals surface area contributed by atoms with Gasteiger partial charge in [0.25, 0.3) is 0 Å². The highest BCUT2D eigenvalue weighted by atomic mass is 32.2. The molecule has 1 aromatic rings. The summed E-state index contributed by atoms with van der Waals surface area (Å²) in [6.45, 7) is 7.23. The van der Waals surface area contributed by atoms with Gasteiger partial charge in [-0.2, -0.15) is 0 Å². The Kier molecular flexibility index (Phi) is 4.64. The van der Waals surface area contributed by atoms with Crippen LogP contribution in [-0.2, 0) is 20.2 Å². The van der Waals surface area contributed by atoms with Crippen LogP contribution in [0, 0.1) is 5.92 Å². The van der Waals surface area contributed by atoms with Crippen LogP contribution in [0.2, 0.25) is 0 Å². The van der Waals surface area contributed by atoms with Gasteiger partial charge in [0.05, 0.1) is 10.8 Å². The Morgan fingerprint density at radius 1 is 1.17 bits per heavy atom. The normalized spacial score (nSPS) is 24.6. The number of nitrogens with one attached hydrogen (secondary N) is 1. The highest BCUT2D eigenvalue weighted by molar-refractivity contribution is 7.89. The summed E-state index contributed by atoms with van der Waals surface area (Å²) in [6, 6.07) is 6.80. The average molecular weight is 332 g/mol. The van der Waals surface area contributed by atoms with Crippen LogP contribution < -0.4 is 4.72 Å². The molecule has 1 N–H and O–H groups in total. The van der Waals surface area contributed by atoms with Gasteiger partial charge in [0.1, 0.15) is 0 Å². The maximum absolute atomic E-state index is 12.8. The molecule has 1 radical (unpaired) electrons. The summed E-state index contributed by atoms with van der Waals surface area (Å²) in [4.78, 5) is 11.6. The van der Waals surface area contributed by atoms with Crippen molar-refractivity contribution in [1.82, 2.24) is 4.72 Å². The first-order valence-corrected chi connectivity index (χ1v) is 8.96. The van der Waals surface area contributed by atoms with Crippen LogP contribution in [0.4, 0.5) is 0 Å². The lowest BCUT2D eigenvalue weighted by Crippen LogP contribution is -2.42. The topological polar surface area (TPSA) is 63.2 Å². The molecule has 23 heavy (non-hydrogen) atoms. The SMILES string of the molecule is CC(C)(C)NS(=O)(=O)c1ccccc1C1(C)C=CC=CC1[C]=O. The monoisotopic (exact) mass is 332 g/mol. The fraction of sp³-hybridized carbons (Fsp3) is 0.389. The molecule has 1 aromatic carbocycles. The van der Waals surface area contributed by atoms with E-state index in [1.807, 2.05) is 25.4 Å². The number of hydrogen-bond donors (Lipinski definition) is 1. The molecule has 0 saturated carbocycles. The Balaban J connectivity index is 2.61. The van der Waals surface area contributed by atoms with Crippen molar-refractivity contribution in [1.29, 1.82) is 0 Å². The number of hydrogen-bond acceptors (Lipinski definition) is 3. The second-order valence-corrected chi connectivity index (χ2v) is 8.62. The second kappa shape index (κ2) is 6.06. The van der Waals surface area contributed by atoms with Gasteiger partial charge < -0.3 is 0 Å². The predicted molar refractivity (Wildman–Crippen MR) is 91.3 cm³/mol. The van der Waals surface area contributed by atoms with Gasteiger partial charge in [-0.25, -0.2) is 13.1 Å². The molecule has 0 spiro atoms. The average Bonchev–Trinajstić information content (AvgIpc) is 2.45. The fourth-order valence-corrected chi connectivity index (χ4v) is 4.51. The summed E-state index contributed by atoms with van der Waals surface area (Å²) in [6.07, 6.45) is 9.22. The summed E-state index contributed by atoms with van der Waals surface area (Å²) >= 11 is 0. The lowest BCUT2D eigenvalue weighted by Gasteiger charge is -2.34. The van der Waals surface area contributed by atoms with E-state index in [0.29, 0.717) is 5.56 Å². The van der Waals surface area contributed by atoms with Crippen molar-refractivity contribution in [2.24, 2.45) is 5.92 Å². The van der Waals surface area contributed by atoms with E-state index in [4.69, 9.17) is 0 Å².